The van der Waals surface area contributed by atoms with Crippen molar-refractivity contribution >= 4 is 22.9 Å². The molecule has 0 saturated heterocycles. The van der Waals surface area contributed by atoms with Gasteiger partial charge in [-0.1, -0.05) is 25.4 Å². The van der Waals surface area contributed by atoms with Gasteiger partial charge >= 0.3 is 0 Å². The first-order valence-electron chi connectivity index (χ1n) is 6.12. The Bertz CT molecular complexity index is 377. The summed E-state index contributed by atoms with van der Waals surface area (Å²) in [6, 6.07) is 2.57. The number of hydrogen-bond acceptors (Lipinski definition) is 3. The molecule has 17 heavy (non-hydrogen) atoms. The minimum atomic E-state index is 0.233. The molecule has 1 aliphatic carbocycles. The molecule has 4 heteroatoms. The summed E-state index contributed by atoms with van der Waals surface area (Å²) in [5.41, 5.74) is 0.233. The zero-order chi connectivity index (χ0) is 12.5. The van der Waals surface area contributed by atoms with Crippen LogP contribution in [0.2, 0.25) is 5.02 Å². The fourth-order valence-corrected chi connectivity index (χ4v) is 3.41. The highest BCUT2D eigenvalue weighted by atomic mass is 35.5. The Morgan fingerprint density at radius 1 is 1.59 bits per heavy atom. The molecule has 0 bridgehead atoms. The summed E-state index contributed by atoms with van der Waals surface area (Å²) in [6.45, 7) is 8.32. The molecule has 1 aliphatic rings. The van der Waals surface area contributed by atoms with E-state index in [1.54, 1.807) is 11.3 Å². The topological polar surface area (TPSA) is 21.3 Å². The van der Waals surface area contributed by atoms with Crippen LogP contribution in [0.4, 0.5) is 0 Å². The van der Waals surface area contributed by atoms with Gasteiger partial charge < -0.3 is 10.1 Å². The average Bonchev–Trinajstić information content (AvgIpc) is 2.68. The lowest BCUT2D eigenvalue weighted by Crippen LogP contribution is -2.60. The molecule has 0 aliphatic heterocycles. The minimum Gasteiger partial charge on any atom is -0.378 e. The standard InChI is InChI=1S/C13H20ClNOS/c1-4-16-12-6-11(13(12,2)3)15-7-10-5-9(14)8-17-10/h5,8,11-12,15H,4,6-7H2,1-3H3. The maximum absolute atomic E-state index is 5.91. The molecule has 1 N–H and O–H groups in total. The van der Waals surface area contributed by atoms with Crippen LogP contribution in [0.1, 0.15) is 32.1 Å². The molecule has 1 fully saturated rings. The molecule has 2 nitrogen and oxygen atoms in total. The SMILES string of the molecule is CCOC1CC(NCc2cc(Cl)cs2)C1(C)C. The Morgan fingerprint density at radius 2 is 2.35 bits per heavy atom. The molecule has 2 unspecified atom stereocenters. The number of nitrogens with one attached hydrogen (secondary N) is 1. The van der Waals surface area contributed by atoms with Crippen LogP contribution in [0.25, 0.3) is 0 Å². The van der Waals surface area contributed by atoms with Gasteiger partial charge in [0.2, 0.25) is 0 Å². The first-order chi connectivity index (χ1) is 8.04. The van der Waals surface area contributed by atoms with Crippen molar-refractivity contribution in [3.05, 3.63) is 21.3 Å². The van der Waals surface area contributed by atoms with E-state index in [-0.39, 0.29) is 5.41 Å². The lowest BCUT2D eigenvalue weighted by molar-refractivity contribution is -0.114. The third kappa shape index (κ3) is 2.84. The second kappa shape index (κ2) is 5.27. The summed E-state index contributed by atoms with van der Waals surface area (Å²) in [5.74, 6) is 0. The van der Waals surface area contributed by atoms with Crippen LogP contribution < -0.4 is 5.32 Å². The van der Waals surface area contributed by atoms with Crippen LogP contribution in [-0.2, 0) is 11.3 Å². The molecule has 1 saturated carbocycles. The first kappa shape index (κ1) is 13.3. The molecular formula is C13H20ClNOS. The van der Waals surface area contributed by atoms with Crippen LogP contribution in [0.3, 0.4) is 0 Å². The van der Waals surface area contributed by atoms with Gasteiger partial charge in [0.15, 0.2) is 0 Å². The molecule has 0 spiro atoms. The maximum atomic E-state index is 5.91. The molecule has 0 amide bonds. The van der Waals surface area contributed by atoms with Crippen LogP contribution >= 0.6 is 22.9 Å². The maximum Gasteiger partial charge on any atom is 0.0655 e. The molecule has 2 atom stereocenters. The highest BCUT2D eigenvalue weighted by molar-refractivity contribution is 7.10. The normalized spacial score (nSPS) is 26.8. The predicted molar refractivity (Wildman–Crippen MR) is 73.8 cm³/mol. The van der Waals surface area contributed by atoms with E-state index in [0.29, 0.717) is 12.1 Å². The lowest BCUT2D eigenvalue weighted by Gasteiger charge is -2.51. The fourth-order valence-electron chi connectivity index (χ4n) is 2.39. The largest absolute Gasteiger partial charge is 0.378 e. The van der Waals surface area contributed by atoms with Gasteiger partial charge in [0, 0.05) is 34.9 Å². The number of rotatable bonds is 5. The van der Waals surface area contributed by atoms with Crippen LogP contribution in [0, 0.1) is 5.41 Å². The van der Waals surface area contributed by atoms with Crippen LogP contribution in [0.5, 0.6) is 0 Å². The number of halogens is 1. The van der Waals surface area contributed by atoms with E-state index >= 15 is 0 Å². The van der Waals surface area contributed by atoms with E-state index in [2.05, 4.69) is 26.1 Å². The van der Waals surface area contributed by atoms with Crippen molar-refractivity contribution in [1.29, 1.82) is 0 Å². The van der Waals surface area contributed by atoms with E-state index in [4.69, 9.17) is 16.3 Å². The third-order valence-electron chi connectivity index (χ3n) is 3.69. The van der Waals surface area contributed by atoms with Crippen molar-refractivity contribution in [2.24, 2.45) is 5.41 Å². The summed E-state index contributed by atoms with van der Waals surface area (Å²) < 4.78 is 5.72. The monoisotopic (exact) mass is 273 g/mol. The number of ether oxygens (including phenoxy) is 1. The fraction of sp³-hybridized carbons (Fsp3) is 0.692. The summed E-state index contributed by atoms with van der Waals surface area (Å²) in [6.07, 6.45) is 1.51. The van der Waals surface area contributed by atoms with Gasteiger partial charge in [0.25, 0.3) is 0 Å². The Morgan fingerprint density at radius 3 is 2.88 bits per heavy atom. The Labute approximate surface area is 112 Å². The first-order valence-corrected chi connectivity index (χ1v) is 7.37. The predicted octanol–water partition coefficient (Wildman–Crippen LogP) is 3.69. The average molecular weight is 274 g/mol. The van der Waals surface area contributed by atoms with Crippen molar-refractivity contribution in [2.75, 3.05) is 6.61 Å². The Balaban J connectivity index is 1.82. The van der Waals surface area contributed by atoms with Crippen molar-refractivity contribution in [2.45, 2.75) is 45.9 Å². The smallest absolute Gasteiger partial charge is 0.0655 e. The lowest BCUT2D eigenvalue weighted by atomic mass is 9.64. The summed E-state index contributed by atoms with van der Waals surface area (Å²) in [7, 11) is 0. The van der Waals surface area contributed by atoms with Crippen molar-refractivity contribution in [3.8, 4) is 0 Å². The second-order valence-corrected chi connectivity index (χ2v) is 6.60. The minimum absolute atomic E-state index is 0.233. The van der Waals surface area contributed by atoms with Gasteiger partial charge in [-0.15, -0.1) is 11.3 Å². The molecule has 1 aromatic heterocycles. The van der Waals surface area contributed by atoms with Crippen LogP contribution in [0.15, 0.2) is 11.4 Å². The van der Waals surface area contributed by atoms with E-state index in [0.717, 1.165) is 24.6 Å². The highest BCUT2D eigenvalue weighted by Gasteiger charge is 2.48. The summed E-state index contributed by atoms with van der Waals surface area (Å²) >= 11 is 7.62. The molecule has 0 aromatic carbocycles. The van der Waals surface area contributed by atoms with Crippen molar-refractivity contribution in [1.82, 2.24) is 5.32 Å². The van der Waals surface area contributed by atoms with Gasteiger partial charge in [0.05, 0.1) is 11.1 Å². The number of hydrogen-bond donors (Lipinski definition) is 1. The zero-order valence-corrected chi connectivity index (χ0v) is 12.2. The quantitative estimate of drug-likeness (QED) is 0.883. The van der Waals surface area contributed by atoms with E-state index in [1.165, 1.54) is 4.88 Å². The highest BCUT2D eigenvalue weighted by Crippen LogP contribution is 2.42. The third-order valence-corrected chi connectivity index (χ3v) is 4.97. The van der Waals surface area contributed by atoms with Gasteiger partial charge in [-0.2, -0.15) is 0 Å². The Hall–Kier alpha value is -0.0900. The molecule has 96 valence electrons. The van der Waals surface area contributed by atoms with Gasteiger partial charge in [-0.25, -0.2) is 0 Å². The molecule has 1 aromatic rings. The molecular weight excluding hydrogens is 254 g/mol. The molecule has 2 rings (SSSR count). The van der Waals surface area contributed by atoms with Gasteiger partial charge in [-0.05, 0) is 19.4 Å². The summed E-state index contributed by atoms with van der Waals surface area (Å²) in [5, 5.41) is 6.42. The van der Waals surface area contributed by atoms with Gasteiger partial charge in [-0.3, -0.25) is 0 Å². The van der Waals surface area contributed by atoms with Crippen molar-refractivity contribution in [3.63, 3.8) is 0 Å². The molecule has 1 heterocycles. The van der Waals surface area contributed by atoms with E-state index in [9.17, 15) is 0 Å². The number of thiophene rings is 1. The van der Waals surface area contributed by atoms with Gasteiger partial charge in [0.1, 0.15) is 0 Å². The zero-order valence-electron chi connectivity index (χ0n) is 10.6. The van der Waals surface area contributed by atoms with E-state index in [1.807, 2.05) is 11.4 Å². The molecule has 0 radical (unpaired) electrons. The van der Waals surface area contributed by atoms with E-state index < -0.39 is 0 Å². The second-order valence-electron chi connectivity index (χ2n) is 5.17. The Kier molecular flexibility index (Phi) is 4.14. The summed E-state index contributed by atoms with van der Waals surface area (Å²) in [4.78, 5) is 1.30. The van der Waals surface area contributed by atoms with Crippen molar-refractivity contribution < 1.29 is 4.74 Å². The van der Waals surface area contributed by atoms with Crippen LogP contribution in [-0.4, -0.2) is 18.8 Å².